The number of rotatable bonds is 2. The monoisotopic (exact) mass is 173 g/mol. The maximum absolute atomic E-state index is 10.9. The molecule has 1 N–H and O–H groups in total. The summed E-state index contributed by atoms with van der Waals surface area (Å²) in [7, 11) is 1.40. The summed E-state index contributed by atoms with van der Waals surface area (Å²) in [5.41, 5.74) is 0. The van der Waals surface area contributed by atoms with Crippen molar-refractivity contribution in [2.75, 3.05) is 26.8 Å². The summed E-state index contributed by atoms with van der Waals surface area (Å²) in [6.07, 6.45) is 1.29. The van der Waals surface area contributed by atoms with Crippen molar-refractivity contribution in [2.45, 2.75) is 18.9 Å². The molecule has 0 spiro atoms. The molecule has 0 aromatic rings. The Labute approximate surface area is 72.2 Å². The first kappa shape index (κ1) is 9.48. The highest BCUT2D eigenvalue weighted by atomic mass is 16.5. The molecule has 1 atom stereocenters. The Morgan fingerprint density at radius 1 is 1.67 bits per heavy atom. The van der Waals surface area contributed by atoms with Crippen LogP contribution in [0.25, 0.3) is 0 Å². The quantitative estimate of drug-likeness (QED) is 0.594. The third-order valence-corrected chi connectivity index (χ3v) is 1.90. The number of esters is 1. The van der Waals surface area contributed by atoms with Crippen molar-refractivity contribution in [3.63, 3.8) is 0 Å². The summed E-state index contributed by atoms with van der Waals surface area (Å²) in [5.74, 6) is -0.193. The molecule has 4 heteroatoms. The molecule has 1 aliphatic heterocycles. The third-order valence-electron chi connectivity index (χ3n) is 1.90. The molecule has 1 saturated heterocycles. The largest absolute Gasteiger partial charge is 0.469 e. The molecule has 0 bridgehead atoms. The van der Waals surface area contributed by atoms with Crippen LogP contribution in [0.3, 0.4) is 0 Å². The number of methoxy groups -OCH3 is 1. The van der Waals surface area contributed by atoms with E-state index < -0.39 is 0 Å². The summed E-state index contributed by atoms with van der Waals surface area (Å²) in [5, 5.41) is 3.19. The zero-order chi connectivity index (χ0) is 8.81. The van der Waals surface area contributed by atoms with Gasteiger partial charge in [0.15, 0.2) is 0 Å². The summed E-state index contributed by atoms with van der Waals surface area (Å²) < 4.78 is 9.97. The van der Waals surface area contributed by atoms with Crippen LogP contribution in [0.2, 0.25) is 0 Å². The topological polar surface area (TPSA) is 47.6 Å². The van der Waals surface area contributed by atoms with Crippen LogP contribution in [-0.4, -0.2) is 38.9 Å². The van der Waals surface area contributed by atoms with Gasteiger partial charge in [-0.25, -0.2) is 0 Å². The smallest absolute Gasteiger partial charge is 0.308 e. The van der Waals surface area contributed by atoms with E-state index >= 15 is 0 Å². The maximum atomic E-state index is 10.9. The third kappa shape index (κ3) is 3.19. The molecule has 1 rings (SSSR count). The van der Waals surface area contributed by atoms with Gasteiger partial charge in [-0.05, 0) is 13.0 Å². The van der Waals surface area contributed by atoms with Gasteiger partial charge in [0.1, 0.15) is 0 Å². The minimum Gasteiger partial charge on any atom is -0.469 e. The summed E-state index contributed by atoms with van der Waals surface area (Å²) in [6, 6.07) is 0. The molecule has 0 unspecified atom stereocenters. The molecule has 0 aromatic heterocycles. The van der Waals surface area contributed by atoms with E-state index in [-0.39, 0.29) is 12.1 Å². The van der Waals surface area contributed by atoms with Crippen molar-refractivity contribution in [1.82, 2.24) is 5.32 Å². The van der Waals surface area contributed by atoms with E-state index in [2.05, 4.69) is 10.1 Å². The number of hydrogen-bond donors (Lipinski definition) is 1. The Balaban J connectivity index is 2.24. The van der Waals surface area contributed by atoms with Crippen LogP contribution in [0, 0.1) is 0 Å². The van der Waals surface area contributed by atoms with E-state index in [1.165, 1.54) is 7.11 Å². The van der Waals surface area contributed by atoms with Crippen LogP contribution in [-0.2, 0) is 14.3 Å². The zero-order valence-electron chi connectivity index (χ0n) is 7.34. The van der Waals surface area contributed by atoms with Gasteiger partial charge in [0.2, 0.25) is 0 Å². The second kappa shape index (κ2) is 5.11. The number of carbonyl (C=O) groups excluding carboxylic acids is 1. The van der Waals surface area contributed by atoms with E-state index in [9.17, 15) is 4.79 Å². The molecule has 0 radical (unpaired) electrons. The van der Waals surface area contributed by atoms with Crippen molar-refractivity contribution >= 4 is 5.97 Å². The predicted octanol–water partition coefficient (Wildman–Crippen LogP) is -0.0720. The summed E-state index contributed by atoms with van der Waals surface area (Å²) >= 11 is 0. The second-order valence-corrected chi connectivity index (χ2v) is 2.81. The molecular weight excluding hydrogens is 158 g/mol. The Morgan fingerprint density at radius 2 is 2.50 bits per heavy atom. The fourth-order valence-electron chi connectivity index (χ4n) is 1.20. The molecular formula is C8H15NO3. The van der Waals surface area contributed by atoms with Gasteiger partial charge in [-0.3, -0.25) is 4.79 Å². The highest BCUT2D eigenvalue weighted by molar-refractivity contribution is 5.69. The average molecular weight is 173 g/mol. The molecule has 0 amide bonds. The van der Waals surface area contributed by atoms with Gasteiger partial charge >= 0.3 is 5.97 Å². The lowest BCUT2D eigenvalue weighted by Crippen LogP contribution is -2.19. The lowest BCUT2D eigenvalue weighted by molar-refractivity contribution is -0.143. The van der Waals surface area contributed by atoms with Gasteiger partial charge in [0, 0.05) is 6.54 Å². The standard InChI is InChI=1S/C8H15NO3/c1-11-8(10)6-7-2-3-9-4-5-12-7/h7,9H,2-6H2,1H3/t7-/m0/s1. The van der Waals surface area contributed by atoms with Crippen LogP contribution in [0.5, 0.6) is 0 Å². The normalized spacial score (nSPS) is 24.6. The van der Waals surface area contributed by atoms with Crippen LogP contribution in [0.1, 0.15) is 12.8 Å². The molecule has 0 aliphatic carbocycles. The second-order valence-electron chi connectivity index (χ2n) is 2.81. The molecule has 4 nitrogen and oxygen atoms in total. The van der Waals surface area contributed by atoms with E-state index in [4.69, 9.17) is 4.74 Å². The average Bonchev–Trinajstić information content (AvgIpc) is 2.33. The van der Waals surface area contributed by atoms with Crippen molar-refractivity contribution < 1.29 is 14.3 Å². The molecule has 70 valence electrons. The van der Waals surface area contributed by atoms with Crippen molar-refractivity contribution in [3.05, 3.63) is 0 Å². The fraction of sp³-hybridized carbons (Fsp3) is 0.875. The molecule has 1 fully saturated rings. The first-order chi connectivity index (χ1) is 5.83. The minimum atomic E-state index is -0.193. The number of ether oxygens (including phenoxy) is 2. The molecule has 0 saturated carbocycles. The van der Waals surface area contributed by atoms with Crippen LogP contribution >= 0.6 is 0 Å². The first-order valence-electron chi connectivity index (χ1n) is 4.22. The Hall–Kier alpha value is -0.610. The maximum Gasteiger partial charge on any atom is 0.308 e. The number of hydrogen-bond acceptors (Lipinski definition) is 4. The Morgan fingerprint density at radius 3 is 3.25 bits per heavy atom. The first-order valence-corrected chi connectivity index (χ1v) is 4.22. The van der Waals surface area contributed by atoms with Crippen molar-refractivity contribution in [1.29, 1.82) is 0 Å². The highest BCUT2D eigenvalue weighted by Crippen LogP contribution is 2.06. The minimum absolute atomic E-state index is 0.0347. The summed E-state index contributed by atoms with van der Waals surface area (Å²) in [6.45, 7) is 2.47. The Kier molecular flexibility index (Phi) is 4.04. The molecule has 1 aliphatic rings. The highest BCUT2D eigenvalue weighted by Gasteiger charge is 2.16. The molecule has 1 heterocycles. The van der Waals surface area contributed by atoms with Gasteiger partial charge in [0.05, 0.1) is 26.2 Å². The summed E-state index contributed by atoms with van der Waals surface area (Å²) in [4.78, 5) is 10.9. The lowest BCUT2D eigenvalue weighted by Gasteiger charge is -2.11. The van der Waals surface area contributed by atoms with Gasteiger partial charge in [-0.2, -0.15) is 0 Å². The zero-order valence-corrected chi connectivity index (χ0v) is 7.34. The van der Waals surface area contributed by atoms with Gasteiger partial charge in [-0.15, -0.1) is 0 Å². The van der Waals surface area contributed by atoms with Gasteiger partial charge < -0.3 is 14.8 Å². The van der Waals surface area contributed by atoms with E-state index in [0.717, 1.165) is 19.5 Å². The Bertz CT molecular complexity index is 141. The molecule has 12 heavy (non-hydrogen) atoms. The molecule has 0 aromatic carbocycles. The van der Waals surface area contributed by atoms with E-state index in [1.54, 1.807) is 0 Å². The lowest BCUT2D eigenvalue weighted by atomic mass is 10.2. The van der Waals surface area contributed by atoms with Crippen LogP contribution in [0.15, 0.2) is 0 Å². The predicted molar refractivity (Wildman–Crippen MR) is 43.9 cm³/mol. The van der Waals surface area contributed by atoms with Gasteiger partial charge in [-0.1, -0.05) is 0 Å². The SMILES string of the molecule is COC(=O)C[C@@H]1CCNCCO1. The van der Waals surface area contributed by atoms with Crippen LogP contribution < -0.4 is 5.32 Å². The van der Waals surface area contributed by atoms with Crippen molar-refractivity contribution in [3.8, 4) is 0 Å². The van der Waals surface area contributed by atoms with Gasteiger partial charge in [0.25, 0.3) is 0 Å². The number of carbonyl (C=O) groups is 1. The van der Waals surface area contributed by atoms with Crippen molar-refractivity contribution in [2.24, 2.45) is 0 Å². The van der Waals surface area contributed by atoms with E-state index in [1.807, 2.05) is 0 Å². The fourth-order valence-corrected chi connectivity index (χ4v) is 1.20. The van der Waals surface area contributed by atoms with E-state index in [0.29, 0.717) is 13.0 Å². The number of nitrogens with one attached hydrogen (secondary N) is 1. The van der Waals surface area contributed by atoms with Crippen LogP contribution in [0.4, 0.5) is 0 Å².